The maximum Gasteiger partial charge on any atom is 0.219 e. The van der Waals surface area contributed by atoms with E-state index in [1.807, 2.05) is 4.90 Å². The van der Waals surface area contributed by atoms with E-state index in [-0.39, 0.29) is 5.91 Å². The molecule has 0 aromatic heterocycles. The van der Waals surface area contributed by atoms with Gasteiger partial charge in [0.15, 0.2) is 0 Å². The normalized spacial score (nSPS) is 25.3. The summed E-state index contributed by atoms with van der Waals surface area (Å²) in [6.07, 6.45) is 2.49. The molecule has 0 aromatic rings. The van der Waals surface area contributed by atoms with E-state index in [1.54, 1.807) is 6.92 Å². The number of carbonyl (C=O) groups is 1. The van der Waals surface area contributed by atoms with E-state index in [2.05, 4.69) is 22.6 Å². The van der Waals surface area contributed by atoms with Crippen molar-refractivity contribution >= 4 is 28.5 Å². The fourth-order valence-corrected chi connectivity index (χ4v) is 2.20. The van der Waals surface area contributed by atoms with Gasteiger partial charge in [-0.25, -0.2) is 0 Å². The summed E-state index contributed by atoms with van der Waals surface area (Å²) in [7, 11) is 0. The second kappa shape index (κ2) is 4.28. The van der Waals surface area contributed by atoms with Crippen molar-refractivity contribution in [2.75, 3.05) is 17.5 Å². The fourth-order valence-electron chi connectivity index (χ4n) is 1.48. The van der Waals surface area contributed by atoms with Crippen LogP contribution in [0, 0.1) is 5.92 Å². The Hall–Kier alpha value is 0.200. The Morgan fingerprint density at radius 3 is 3.00 bits per heavy atom. The predicted octanol–water partition coefficient (Wildman–Crippen LogP) is 1.68. The van der Waals surface area contributed by atoms with Gasteiger partial charge in [-0.3, -0.25) is 4.79 Å². The molecule has 3 heteroatoms. The quantitative estimate of drug-likeness (QED) is 0.523. The highest BCUT2D eigenvalue weighted by atomic mass is 127. The molecule has 2 nitrogen and oxygen atoms in total. The summed E-state index contributed by atoms with van der Waals surface area (Å²) in [4.78, 5) is 12.9. The highest BCUT2D eigenvalue weighted by molar-refractivity contribution is 14.1. The Kier molecular flexibility index (Phi) is 3.62. The van der Waals surface area contributed by atoms with Crippen molar-refractivity contribution in [2.24, 2.45) is 5.92 Å². The summed E-state index contributed by atoms with van der Waals surface area (Å²) in [6, 6.07) is 0. The number of hydrogen-bond acceptors (Lipinski definition) is 1. The average Bonchev–Trinajstić information content (AvgIpc) is 2.05. The summed E-state index contributed by atoms with van der Waals surface area (Å²) in [5.74, 6) is 0.979. The van der Waals surface area contributed by atoms with Crippen molar-refractivity contribution in [2.45, 2.75) is 19.8 Å². The van der Waals surface area contributed by atoms with Crippen LogP contribution in [0.3, 0.4) is 0 Å². The van der Waals surface area contributed by atoms with Crippen molar-refractivity contribution in [3.8, 4) is 0 Å². The molecule has 1 atom stereocenters. The SMILES string of the molecule is CC(=O)N1CCC[C@H](CI)C1. The van der Waals surface area contributed by atoms with Crippen LogP contribution in [-0.4, -0.2) is 28.3 Å². The lowest BCUT2D eigenvalue weighted by Gasteiger charge is -2.30. The molecule has 0 unspecified atom stereocenters. The number of rotatable bonds is 1. The van der Waals surface area contributed by atoms with E-state index in [1.165, 1.54) is 17.3 Å². The van der Waals surface area contributed by atoms with E-state index in [0.29, 0.717) is 0 Å². The molecule has 1 aliphatic rings. The van der Waals surface area contributed by atoms with Gasteiger partial charge in [0.25, 0.3) is 0 Å². The zero-order valence-corrected chi connectivity index (χ0v) is 9.00. The number of hydrogen-bond donors (Lipinski definition) is 0. The van der Waals surface area contributed by atoms with Crippen molar-refractivity contribution in [3.05, 3.63) is 0 Å². The topological polar surface area (TPSA) is 20.3 Å². The molecule has 0 radical (unpaired) electrons. The third kappa shape index (κ3) is 2.61. The van der Waals surface area contributed by atoms with Crippen LogP contribution in [0.5, 0.6) is 0 Å². The molecule has 0 spiro atoms. The van der Waals surface area contributed by atoms with Gasteiger partial charge in [0.05, 0.1) is 0 Å². The molecule has 1 fully saturated rings. The minimum Gasteiger partial charge on any atom is -0.343 e. The third-order valence-corrected chi connectivity index (χ3v) is 3.43. The molecular formula is C8H14INO. The second-order valence-electron chi connectivity index (χ2n) is 3.13. The van der Waals surface area contributed by atoms with Gasteiger partial charge >= 0.3 is 0 Å². The van der Waals surface area contributed by atoms with Gasteiger partial charge in [-0.1, -0.05) is 22.6 Å². The highest BCUT2D eigenvalue weighted by Crippen LogP contribution is 2.18. The summed E-state index contributed by atoms with van der Waals surface area (Å²) >= 11 is 2.40. The van der Waals surface area contributed by atoms with E-state index in [0.717, 1.165) is 19.0 Å². The van der Waals surface area contributed by atoms with Crippen LogP contribution in [0.15, 0.2) is 0 Å². The zero-order chi connectivity index (χ0) is 8.27. The van der Waals surface area contributed by atoms with Gasteiger partial charge in [0.1, 0.15) is 0 Å². The zero-order valence-electron chi connectivity index (χ0n) is 6.85. The smallest absolute Gasteiger partial charge is 0.219 e. The fraction of sp³-hybridized carbons (Fsp3) is 0.875. The van der Waals surface area contributed by atoms with E-state index in [4.69, 9.17) is 0 Å². The molecule has 1 saturated heterocycles. The first-order chi connectivity index (χ1) is 5.24. The Labute approximate surface area is 81.5 Å². The van der Waals surface area contributed by atoms with Gasteiger partial charge in [0.2, 0.25) is 5.91 Å². The molecule has 0 bridgehead atoms. The standard InChI is InChI=1S/C8H14INO/c1-7(11)10-4-2-3-8(5-9)6-10/h8H,2-6H2,1H3/t8-/m1/s1. The number of nitrogens with zero attached hydrogens (tertiary/aromatic N) is 1. The number of carbonyl (C=O) groups excluding carboxylic acids is 1. The van der Waals surface area contributed by atoms with Crippen molar-refractivity contribution in [1.29, 1.82) is 0 Å². The average molecular weight is 267 g/mol. The number of halogens is 1. The van der Waals surface area contributed by atoms with Crippen molar-refractivity contribution in [3.63, 3.8) is 0 Å². The van der Waals surface area contributed by atoms with Gasteiger partial charge in [0, 0.05) is 24.4 Å². The van der Waals surface area contributed by atoms with E-state index < -0.39 is 0 Å². The number of piperidine rings is 1. The third-order valence-electron chi connectivity index (χ3n) is 2.18. The van der Waals surface area contributed by atoms with Crippen LogP contribution in [0.2, 0.25) is 0 Å². The minimum atomic E-state index is 0.236. The predicted molar refractivity (Wildman–Crippen MR) is 53.9 cm³/mol. The molecule has 1 aliphatic heterocycles. The van der Waals surface area contributed by atoms with Crippen LogP contribution in [0.1, 0.15) is 19.8 Å². The highest BCUT2D eigenvalue weighted by Gasteiger charge is 2.19. The van der Waals surface area contributed by atoms with Crippen LogP contribution < -0.4 is 0 Å². The summed E-state index contributed by atoms with van der Waals surface area (Å²) in [5, 5.41) is 0. The van der Waals surface area contributed by atoms with E-state index in [9.17, 15) is 4.79 Å². The maximum absolute atomic E-state index is 11.0. The number of likely N-dealkylation sites (tertiary alicyclic amines) is 1. The first-order valence-corrected chi connectivity index (χ1v) is 5.58. The molecule has 11 heavy (non-hydrogen) atoms. The lowest BCUT2D eigenvalue weighted by atomic mass is 10.0. The Balaban J connectivity index is 2.39. The van der Waals surface area contributed by atoms with Crippen molar-refractivity contribution in [1.82, 2.24) is 4.90 Å². The number of amides is 1. The second-order valence-corrected chi connectivity index (χ2v) is 4.01. The molecular weight excluding hydrogens is 253 g/mol. The van der Waals surface area contributed by atoms with E-state index >= 15 is 0 Å². The maximum atomic E-state index is 11.0. The van der Waals surface area contributed by atoms with Gasteiger partial charge < -0.3 is 4.90 Å². The molecule has 0 saturated carbocycles. The lowest BCUT2D eigenvalue weighted by Crippen LogP contribution is -2.38. The van der Waals surface area contributed by atoms with Crippen LogP contribution in [-0.2, 0) is 4.79 Å². The van der Waals surface area contributed by atoms with Crippen LogP contribution in [0.25, 0.3) is 0 Å². The molecule has 64 valence electrons. The molecule has 0 aromatic carbocycles. The molecule has 1 amide bonds. The lowest BCUT2D eigenvalue weighted by molar-refractivity contribution is -0.130. The first kappa shape index (κ1) is 9.29. The first-order valence-electron chi connectivity index (χ1n) is 4.05. The largest absolute Gasteiger partial charge is 0.343 e. The Morgan fingerprint density at radius 2 is 2.45 bits per heavy atom. The molecule has 0 aliphatic carbocycles. The Morgan fingerprint density at radius 1 is 1.73 bits per heavy atom. The van der Waals surface area contributed by atoms with Crippen molar-refractivity contribution < 1.29 is 4.79 Å². The number of alkyl halides is 1. The monoisotopic (exact) mass is 267 g/mol. The molecule has 1 heterocycles. The van der Waals surface area contributed by atoms with Gasteiger partial charge in [-0.2, -0.15) is 0 Å². The Bertz CT molecular complexity index is 149. The van der Waals surface area contributed by atoms with Crippen LogP contribution in [0.4, 0.5) is 0 Å². The summed E-state index contributed by atoms with van der Waals surface area (Å²) in [5.41, 5.74) is 0. The minimum absolute atomic E-state index is 0.236. The molecule has 0 N–H and O–H groups in total. The van der Waals surface area contributed by atoms with Gasteiger partial charge in [-0.05, 0) is 18.8 Å². The molecule has 1 rings (SSSR count). The van der Waals surface area contributed by atoms with Gasteiger partial charge in [-0.15, -0.1) is 0 Å². The summed E-state index contributed by atoms with van der Waals surface area (Å²) < 4.78 is 1.18. The van der Waals surface area contributed by atoms with Crippen LogP contribution >= 0.6 is 22.6 Å². The summed E-state index contributed by atoms with van der Waals surface area (Å²) in [6.45, 7) is 3.62.